The van der Waals surface area contributed by atoms with Crippen LogP contribution in [0.15, 0.2) is 0 Å². The number of piperidine rings is 1. The first-order valence-electron chi connectivity index (χ1n) is 7.82. The molecule has 1 saturated carbocycles. The molecular formula is C15H28N2O2. The predicted molar refractivity (Wildman–Crippen MR) is 76.1 cm³/mol. The Kier molecular flexibility index (Phi) is 6.11. The maximum atomic E-state index is 11.7. The molecule has 0 unspecified atom stereocenters. The van der Waals surface area contributed by atoms with Gasteiger partial charge >= 0.3 is 0 Å². The number of carbonyl (C=O) groups is 1. The Morgan fingerprint density at radius 3 is 2.21 bits per heavy atom. The molecule has 0 aromatic carbocycles. The van der Waals surface area contributed by atoms with Gasteiger partial charge in [0.15, 0.2) is 0 Å². The van der Waals surface area contributed by atoms with Gasteiger partial charge in [-0.3, -0.25) is 4.79 Å². The molecule has 1 aliphatic heterocycles. The highest BCUT2D eigenvalue weighted by atomic mass is 16.5. The highest BCUT2D eigenvalue weighted by Crippen LogP contribution is 2.19. The van der Waals surface area contributed by atoms with Crippen LogP contribution >= 0.6 is 0 Å². The maximum Gasteiger partial charge on any atom is 0.248 e. The zero-order chi connectivity index (χ0) is 13.5. The van der Waals surface area contributed by atoms with Gasteiger partial charge in [0.25, 0.3) is 0 Å². The number of likely N-dealkylation sites (tertiary alicyclic amines) is 1. The smallest absolute Gasteiger partial charge is 0.248 e. The summed E-state index contributed by atoms with van der Waals surface area (Å²) in [6.07, 6.45) is 10.4. The number of rotatable bonds is 4. The lowest BCUT2D eigenvalue weighted by molar-refractivity contribution is -0.136. The third-order valence-corrected chi connectivity index (χ3v) is 4.44. The summed E-state index contributed by atoms with van der Waals surface area (Å²) in [4.78, 5) is 13.7. The molecule has 2 fully saturated rings. The summed E-state index contributed by atoms with van der Waals surface area (Å²) < 4.78 is 4.91. The van der Waals surface area contributed by atoms with Crippen molar-refractivity contribution in [2.45, 2.75) is 63.5 Å². The predicted octanol–water partition coefficient (Wildman–Crippen LogP) is 1.94. The van der Waals surface area contributed by atoms with Gasteiger partial charge in [-0.25, -0.2) is 0 Å². The summed E-state index contributed by atoms with van der Waals surface area (Å²) in [5, 5.41) is 3.82. The van der Waals surface area contributed by atoms with Crippen molar-refractivity contribution in [3.63, 3.8) is 0 Å². The van der Waals surface area contributed by atoms with Gasteiger partial charge in [0, 0.05) is 32.3 Å². The van der Waals surface area contributed by atoms with E-state index in [9.17, 15) is 4.79 Å². The van der Waals surface area contributed by atoms with Crippen molar-refractivity contribution in [2.75, 3.05) is 26.8 Å². The molecule has 0 aromatic heterocycles. The zero-order valence-corrected chi connectivity index (χ0v) is 12.2. The lowest BCUT2D eigenvalue weighted by Gasteiger charge is -2.34. The molecule has 0 spiro atoms. The number of nitrogens with zero attached hydrogens (tertiary/aromatic N) is 1. The Labute approximate surface area is 116 Å². The number of hydrogen-bond donors (Lipinski definition) is 1. The first-order chi connectivity index (χ1) is 9.29. The van der Waals surface area contributed by atoms with E-state index in [0.29, 0.717) is 12.1 Å². The van der Waals surface area contributed by atoms with Gasteiger partial charge in [-0.05, 0) is 25.7 Å². The van der Waals surface area contributed by atoms with E-state index in [1.807, 2.05) is 4.90 Å². The molecule has 2 rings (SSSR count). The van der Waals surface area contributed by atoms with Gasteiger partial charge in [-0.1, -0.05) is 25.7 Å². The van der Waals surface area contributed by atoms with Crippen LogP contribution in [0.2, 0.25) is 0 Å². The van der Waals surface area contributed by atoms with E-state index in [-0.39, 0.29) is 12.5 Å². The second-order valence-electron chi connectivity index (χ2n) is 5.94. The normalized spacial score (nSPS) is 23.3. The Hall–Kier alpha value is -0.610. The molecule has 1 amide bonds. The Balaban J connectivity index is 1.69. The molecule has 19 heavy (non-hydrogen) atoms. The zero-order valence-electron chi connectivity index (χ0n) is 12.2. The van der Waals surface area contributed by atoms with Gasteiger partial charge in [-0.2, -0.15) is 0 Å². The van der Waals surface area contributed by atoms with Crippen molar-refractivity contribution in [1.82, 2.24) is 10.2 Å². The fraction of sp³-hybridized carbons (Fsp3) is 0.933. The molecule has 2 aliphatic rings. The number of nitrogens with one attached hydrogen (secondary N) is 1. The molecule has 0 radical (unpaired) electrons. The Bertz CT molecular complexity index is 267. The molecule has 4 heteroatoms. The van der Waals surface area contributed by atoms with Crippen LogP contribution in [0.4, 0.5) is 0 Å². The van der Waals surface area contributed by atoms with Crippen LogP contribution < -0.4 is 5.32 Å². The van der Waals surface area contributed by atoms with Gasteiger partial charge in [0.05, 0.1) is 0 Å². The molecule has 1 heterocycles. The van der Waals surface area contributed by atoms with Gasteiger partial charge in [0.1, 0.15) is 6.61 Å². The second kappa shape index (κ2) is 7.85. The minimum Gasteiger partial charge on any atom is -0.375 e. The topological polar surface area (TPSA) is 41.6 Å². The highest BCUT2D eigenvalue weighted by molar-refractivity contribution is 5.77. The largest absolute Gasteiger partial charge is 0.375 e. The van der Waals surface area contributed by atoms with Gasteiger partial charge in [0.2, 0.25) is 5.91 Å². The minimum absolute atomic E-state index is 0.135. The van der Waals surface area contributed by atoms with Crippen LogP contribution in [0, 0.1) is 0 Å². The average molecular weight is 268 g/mol. The fourth-order valence-electron chi connectivity index (χ4n) is 3.29. The van der Waals surface area contributed by atoms with E-state index in [0.717, 1.165) is 25.9 Å². The van der Waals surface area contributed by atoms with Gasteiger partial charge < -0.3 is 15.0 Å². The first kappa shape index (κ1) is 14.8. The van der Waals surface area contributed by atoms with Crippen LogP contribution in [0.25, 0.3) is 0 Å². The summed E-state index contributed by atoms with van der Waals surface area (Å²) >= 11 is 0. The molecule has 1 aliphatic carbocycles. The molecule has 1 saturated heterocycles. The van der Waals surface area contributed by atoms with Crippen molar-refractivity contribution in [1.29, 1.82) is 0 Å². The number of carbonyl (C=O) groups excluding carboxylic acids is 1. The van der Waals surface area contributed by atoms with Crippen LogP contribution in [0.5, 0.6) is 0 Å². The first-order valence-corrected chi connectivity index (χ1v) is 7.82. The van der Waals surface area contributed by atoms with Crippen molar-refractivity contribution in [2.24, 2.45) is 0 Å². The summed E-state index contributed by atoms with van der Waals surface area (Å²) in [5.41, 5.74) is 0. The Morgan fingerprint density at radius 2 is 1.63 bits per heavy atom. The van der Waals surface area contributed by atoms with E-state index in [4.69, 9.17) is 4.74 Å². The third kappa shape index (κ3) is 4.77. The monoisotopic (exact) mass is 268 g/mol. The van der Waals surface area contributed by atoms with Crippen molar-refractivity contribution in [3.05, 3.63) is 0 Å². The molecule has 0 bridgehead atoms. The lowest BCUT2D eigenvalue weighted by Crippen LogP contribution is -2.48. The number of ether oxygens (including phenoxy) is 1. The molecule has 1 N–H and O–H groups in total. The maximum absolute atomic E-state index is 11.7. The minimum atomic E-state index is 0.135. The molecule has 110 valence electrons. The molecular weight excluding hydrogens is 240 g/mol. The summed E-state index contributed by atoms with van der Waals surface area (Å²) in [6.45, 7) is 1.99. The molecule has 0 atom stereocenters. The third-order valence-electron chi connectivity index (χ3n) is 4.44. The summed E-state index contributed by atoms with van der Waals surface area (Å²) in [6, 6.07) is 1.32. The van der Waals surface area contributed by atoms with E-state index in [1.165, 1.54) is 38.5 Å². The van der Waals surface area contributed by atoms with E-state index < -0.39 is 0 Å². The van der Waals surface area contributed by atoms with Crippen molar-refractivity contribution < 1.29 is 9.53 Å². The van der Waals surface area contributed by atoms with Crippen LogP contribution in [-0.4, -0.2) is 49.7 Å². The quantitative estimate of drug-likeness (QED) is 0.792. The number of amides is 1. The number of hydrogen-bond acceptors (Lipinski definition) is 3. The van der Waals surface area contributed by atoms with Crippen LogP contribution in [0.1, 0.15) is 51.4 Å². The van der Waals surface area contributed by atoms with E-state index in [2.05, 4.69) is 5.32 Å². The molecule has 0 aromatic rings. The standard InChI is InChI=1S/C15H28N2O2/c1-19-12-15(18)17-10-8-14(9-11-17)16-13-6-4-2-3-5-7-13/h13-14,16H,2-12H2,1H3. The molecule has 4 nitrogen and oxygen atoms in total. The van der Waals surface area contributed by atoms with E-state index >= 15 is 0 Å². The average Bonchev–Trinajstić information content (AvgIpc) is 2.68. The van der Waals surface area contributed by atoms with E-state index in [1.54, 1.807) is 7.11 Å². The fourth-order valence-corrected chi connectivity index (χ4v) is 3.29. The summed E-state index contributed by atoms with van der Waals surface area (Å²) in [5.74, 6) is 0.135. The lowest BCUT2D eigenvalue weighted by atomic mass is 10.0. The Morgan fingerprint density at radius 1 is 1.05 bits per heavy atom. The second-order valence-corrected chi connectivity index (χ2v) is 5.94. The van der Waals surface area contributed by atoms with Crippen molar-refractivity contribution in [3.8, 4) is 0 Å². The highest BCUT2D eigenvalue weighted by Gasteiger charge is 2.24. The number of methoxy groups -OCH3 is 1. The van der Waals surface area contributed by atoms with Crippen LogP contribution in [-0.2, 0) is 9.53 Å². The SMILES string of the molecule is COCC(=O)N1CCC(NC2CCCCCC2)CC1. The van der Waals surface area contributed by atoms with Crippen molar-refractivity contribution >= 4 is 5.91 Å². The van der Waals surface area contributed by atoms with Gasteiger partial charge in [-0.15, -0.1) is 0 Å². The van der Waals surface area contributed by atoms with Crippen LogP contribution in [0.3, 0.4) is 0 Å². The summed E-state index contributed by atoms with van der Waals surface area (Å²) in [7, 11) is 1.58.